The van der Waals surface area contributed by atoms with E-state index in [0.717, 1.165) is 24.9 Å². The van der Waals surface area contributed by atoms with Gasteiger partial charge in [-0.3, -0.25) is 4.79 Å². The van der Waals surface area contributed by atoms with Gasteiger partial charge in [-0.15, -0.1) is 11.3 Å². The van der Waals surface area contributed by atoms with Crippen LogP contribution in [0.2, 0.25) is 5.02 Å². The van der Waals surface area contributed by atoms with Crippen LogP contribution in [0.5, 0.6) is 0 Å². The molecule has 1 fully saturated rings. The number of likely N-dealkylation sites (tertiary alicyclic amines) is 1. The van der Waals surface area contributed by atoms with Crippen molar-refractivity contribution >= 4 is 28.8 Å². The number of carbonyl (C=O) groups is 1. The predicted octanol–water partition coefficient (Wildman–Crippen LogP) is 4.62. The van der Waals surface area contributed by atoms with Gasteiger partial charge in [0.1, 0.15) is 0 Å². The van der Waals surface area contributed by atoms with Gasteiger partial charge in [0.2, 0.25) is 5.91 Å². The van der Waals surface area contributed by atoms with Crippen LogP contribution in [0.4, 0.5) is 0 Å². The lowest BCUT2D eigenvalue weighted by Crippen LogP contribution is -2.31. The van der Waals surface area contributed by atoms with Crippen LogP contribution in [0.3, 0.4) is 0 Å². The van der Waals surface area contributed by atoms with Gasteiger partial charge in [0.25, 0.3) is 0 Å². The summed E-state index contributed by atoms with van der Waals surface area (Å²) in [5, 5.41) is 0.687. The second-order valence-corrected chi connectivity index (χ2v) is 7.26. The standard InChI is InChI=1S/C17H18ClNOS/c1-12-7-8-16(21-12)15-6-3-9-19(15)17(20)11-13-4-2-5-14(18)10-13/h2,4-5,7-8,10,15H,3,6,9,11H2,1H3. The second kappa shape index (κ2) is 6.20. The Morgan fingerprint density at radius 3 is 2.95 bits per heavy atom. The monoisotopic (exact) mass is 319 g/mol. The Bertz CT molecular complexity index is 652. The van der Waals surface area contributed by atoms with Crippen molar-refractivity contribution in [1.82, 2.24) is 4.90 Å². The zero-order valence-electron chi connectivity index (χ0n) is 12.0. The van der Waals surface area contributed by atoms with Crippen molar-refractivity contribution in [1.29, 1.82) is 0 Å². The maximum Gasteiger partial charge on any atom is 0.227 e. The van der Waals surface area contributed by atoms with Crippen molar-refractivity contribution in [2.45, 2.75) is 32.2 Å². The van der Waals surface area contributed by atoms with Gasteiger partial charge in [-0.2, -0.15) is 0 Å². The van der Waals surface area contributed by atoms with E-state index < -0.39 is 0 Å². The number of benzene rings is 1. The highest BCUT2D eigenvalue weighted by Crippen LogP contribution is 2.36. The van der Waals surface area contributed by atoms with Crippen molar-refractivity contribution in [2.75, 3.05) is 6.54 Å². The van der Waals surface area contributed by atoms with Gasteiger partial charge in [0.05, 0.1) is 12.5 Å². The molecule has 1 aliphatic heterocycles. The maximum atomic E-state index is 12.6. The van der Waals surface area contributed by atoms with Crippen LogP contribution in [0.1, 0.15) is 34.2 Å². The molecular weight excluding hydrogens is 302 g/mol. The molecule has 1 atom stereocenters. The molecule has 0 saturated carbocycles. The molecule has 2 nitrogen and oxygen atoms in total. The molecule has 3 rings (SSSR count). The van der Waals surface area contributed by atoms with Crippen molar-refractivity contribution in [3.8, 4) is 0 Å². The van der Waals surface area contributed by atoms with Gasteiger partial charge in [-0.25, -0.2) is 0 Å². The molecule has 2 aromatic rings. The third-order valence-electron chi connectivity index (χ3n) is 3.91. The number of halogens is 1. The molecular formula is C17H18ClNOS. The third kappa shape index (κ3) is 3.30. The van der Waals surface area contributed by atoms with Crippen LogP contribution in [-0.4, -0.2) is 17.4 Å². The number of nitrogens with zero attached hydrogens (tertiary/aromatic N) is 1. The number of amides is 1. The molecule has 1 aromatic heterocycles. The summed E-state index contributed by atoms with van der Waals surface area (Å²) < 4.78 is 0. The average molecular weight is 320 g/mol. The zero-order chi connectivity index (χ0) is 14.8. The van der Waals surface area contributed by atoms with E-state index in [1.54, 1.807) is 11.3 Å². The van der Waals surface area contributed by atoms with Crippen molar-refractivity contribution in [3.63, 3.8) is 0 Å². The number of rotatable bonds is 3. The fraction of sp³-hybridized carbons (Fsp3) is 0.353. The van der Waals surface area contributed by atoms with Crippen molar-refractivity contribution in [2.24, 2.45) is 0 Å². The minimum absolute atomic E-state index is 0.200. The quantitative estimate of drug-likeness (QED) is 0.808. The minimum atomic E-state index is 0.200. The summed E-state index contributed by atoms with van der Waals surface area (Å²) in [6, 6.07) is 12.1. The Morgan fingerprint density at radius 1 is 1.38 bits per heavy atom. The lowest BCUT2D eigenvalue weighted by molar-refractivity contribution is -0.131. The second-order valence-electron chi connectivity index (χ2n) is 5.50. The van der Waals surface area contributed by atoms with Crippen LogP contribution in [-0.2, 0) is 11.2 Å². The number of hydrogen-bond acceptors (Lipinski definition) is 2. The first-order valence-corrected chi connectivity index (χ1v) is 8.43. The summed E-state index contributed by atoms with van der Waals surface area (Å²) >= 11 is 7.79. The van der Waals surface area contributed by atoms with E-state index in [-0.39, 0.29) is 11.9 Å². The van der Waals surface area contributed by atoms with E-state index in [9.17, 15) is 4.79 Å². The molecule has 1 unspecified atom stereocenters. The molecule has 1 saturated heterocycles. The van der Waals surface area contributed by atoms with Crippen LogP contribution < -0.4 is 0 Å². The van der Waals surface area contributed by atoms with E-state index in [0.29, 0.717) is 11.4 Å². The van der Waals surface area contributed by atoms with E-state index >= 15 is 0 Å². The molecule has 1 aliphatic rings. The Morgan fingerprint density at radius 2 is 2.24 bits per heavy atom. The Balaban J connectivity index is 1.74. The van der Waals surface area contributed by atoms with E-state index in [4.69, 9.17) is 11.6 Å². The van der Waals surface area contributed by atoms with Crippen LogP contribution in [0.15, 0.2) is 36.4 Å². The molecule has 1 aromatic carbocycles. The SMILES string of the molecule is Cc1ccc(C2CCCN2C(=O)Cc2cccc(Cl)c2)s1. The van der Waals surface area contributed by atoms with E-state index in [2.05, 4.69) is 19.1 Å². The van der Waals surface area contributed by atoms with Gasteiger partial charge < -0.3 is 4.90 Å². The molecule has 0 radical (unpaired) electrons. The highest BCUT2D eigenvalue weighted by molar-refractivity contribution is 7.12. The van der Waals surface area contributed by atoms with Gasteiger partial charge in [0.15, 0.2) is 0 Å². The van der Waals surface area contributed by atoms with Gasteiger partial charge in [-0.1, -0.05) is 23.7 Å². The predicted molar refractivity (Wildman–Crippen MR) is 87.9 cm³/mol. The van der Waals surface area contributed by atoms with E-state index in [1.165, 1.54) is 9.75 Å². The summed E-state index contributed by atoms with van der Waals surface area (Å²) in [5.41, 5.74) is 0.987. The van der Waals surface area contributed by atoms with Crippen LogP contribution >= 0.6 is 22.9 Å². The topological polar surface area (TPSA) is 20.3 Å². The van der Waals surface area contributed by atoms with Crippen LogP contribution in [0.25, 0.3) is 0 Å². The summed E-state index contributed by atoms with van der Waals surface area (Å²) in [5.74, 6) is 0.200. The fourth-order valence-electron chi connectivity index (χ4n) is 2.92. The lowest BCUT2D eigenvalue weighted by atomic mass is 10.1. The van der Waals surface area contributed by atoms with Crippen molar-refractivity contribution < 1.29 is 4.79 Å². The molecule has 4 heteroatoms. The van der Waals surface area contributed by atoms with Gasteiger partial charge in [-0.05, 0) is 49.6 Å². The first-order valence-electron chi connectivity index (χ1n) is 7.24. The summed E-state index contributed by atoms with van der Waals surface area (Å²) in [6.07, 6.45) is 2.59. The third-order valence-corrected chi connectivity index (χ3v) is 5.24. The summed E-state index contributed by atoms with van der Waals surface area (Å²) in [7, 11) is 0. The first kappa shape index (κ1) is 14.6. The molecule has 0 spiro atoms. The molecule has 1 amide bonds. The summed E-state index contributed by atoms with van der Waals surface area (Å²) in [4.78, 5) is 17.3. The first-order chi connectivity index (χ1) is 10.1. The molecule has 2 heterocycles. The zero-order valence-corrected chi connectivity index (χ0v) is 13.6. The number of hydrogen-bond donors (Lipinski definition) is 0. The molecule has 0 bridgehead atoms. The Labute approximate surface area is 134 Å². The lowest BCUT2D eigenvalue weighted by Gasteiger charge is -2.24. The van der Waals surface area contributed by atoms with Gasteiger partial charge in [0, 0.05) is 21.3 Å². The average Bonchev–Trinajstić information content (AvgIpc) is 3.06. The van der Waals surface area contributed by atoms with E-state index in [1.807, 2.05) is 29.2 Å². The van der Waals surface area contributed by atoms with Gasteiger partial charge >= 0.3 is 0 Å². The highest BCUT2D eigenvalue weighted by atomic mass is 35.5. The maximum absolute atomic E-state index is 12.6. The molecule has 0 aliphatic carbocycles. The Kier molecular flexibility index (Phi) is 4.32. The highest BCUT2D eigenvalue weighted by Gasteiger charge is 2.30. The summed E-state index contributed by atoms with van der Waals surface area (Å²) in [6.45, 7) is 2.97. The normalized spacial score (nSPS) is 18.2. The Hall–Kier alpha value is -1.32. The number of thiophene rings is 1. The largest absolute Gasteiger partial charge is 0.335 e. The fourth-order valence-corrected chi connectivity index (χ4v) is 4.15. The smallest absolute Gasteiger partial charge is 0.227 e. The molecule has 110 valence electrons. The molecule has 0 N–H and O–H groups in total. The minimum Gasteiger partial charge on any atom is -0.335 e. The van der Waals surface area contributed by atoms with Crippen LogP contribution in [0, 0.1) is 6.92 Å². The van der Waals surface area contributed by atoms with Crippen molar-refractivity contribution in [3.05, 3.63) is 56.7 Å². The number of carbonyl (C=O) groups excluding carboxylic acids is 1. The molecule has 21 heavy (non-hydrogen) atoms. The number of aryl methyl sites for hydroxylation is 1.